The van der Waals surface area contributed by atoms with E-state index in [0.717, 1.165) is 6.92 Å². The first kappa shape index (κ1) is 15.0. The van der Waals surface area contributed by atoms with E-state index in [1.807, 2.05) is 0 Å². The predicted octanol–water partition coefficient (Wildman–Crippen LogP) is 2.33. The van der Waals surface area contributed by atoms with Crippen LogP contribution >= 0.6 is 0 Å². The smallest absolute Gasteiger partial charge is 0.330 e. The predicted molar refractivity (Wildman–Crippen MR) is 62.9 cm³/mol. The van der Waals surface area contributed by atoms with Crippen LogP contribution in [-0.4, -0.2) is 29.0 Å². The fourth-order valence-electron chi connectivity index (χ4n) is 1.75. The van der Waals surface area contributed by atoms with Gasteiger partial charge in [0, 0.05) is 0 Å². The molecule has 0 radical (unpaired) electrons. The second kappa shape index (κ2) is 5.19. The lowest BCUT2D eigenvalue weighted by atomic mass is 10.1. The quantitative estimate of drug-likeness (QED) is 0.804. The number of hydroxylamine groups is 2. The number of alkyl halides is 3. The van der Waals surface area contributed by atoms with Gasteiger partial charge >= 0.3 is 12.1 Å². The van der Waals surface area contributed by atoms with Crippen LogP contribution in [0.5, 0.6) is 0 Å². The zero-order valence-electron chi connectivity index (χ0n) is 10.8. The number of imide groups is 1. The van der Waals surface area contributed by atoms with Gasteiger partial charge in [-0.15, -0.1) is 0 Å². The van der Waals surface area contributed by atoms with Crippen LogP contribution in [0.4, 0.5) is 13.2 Å². The average molecular weight is 301 g/mol. The van der Waals surface area contributed by atoms with E-state index in [1.54, 1.807) is 0 Å². The minimum absolute atomic E-state index is 0.0409. The van der Waals surface area contributed by atoms with Crippen molar-refractivity contribution in [3.8, 4) is 0 Å². The first-order valence-corrected chi connectivity index (χ1v) is 5.97. The zero-order valence-corrected chi connectivity index (χ0v) is 10.8. The Bertz CT molecular complexity index is 577. The third-order valence-corrected chi connectivity index (χ3v) is 2.98. The van der Waals surface area contributed by atoms with Gasteiger partial charge in [0.15, 0.2) is 0 Å². The highest BCUT2D eigenvalue weighted by Crippen LogP contribution is 2.29. The number of rotatable bonds is 3. The number of hydrogen-bond acceptors (Lipinski definition) is 4. The van der Waals surface area contributed by atoms with Crippen LogP contribution in [-0.2, 0) is 9.63 Å². The summed E-state index contributed by atoms with van der Waals surface area (Å²) in [5.74, 6) is -4.97. The van der Waals surface area contributed by atoms with Crippen molar-refractivity contribution in [2.45, 2.75) is 19.5 Å². The molecule has 1 aromatic carbocycles. The summed E-state index contributed by atoms with van der Waals surface area (Å²) in [6.45, 7) is 0.809. The van der Waals surface area contributed by atoms with E-state index in [-0.39, 0.29) is 16.2 Å². The van der Waals surface area contributed by atoms with Crippen LogP contribution in [0.1, 0.15) is 34.1 Å². The molecule has 1 aromatic rings. The molecule has 2 rings (SSSR count). The van der Waals surface area contributed by atoms with Gasteiger partial charge < -0.3 is 4.84 Å². The Hall–Kier alpha value is -2.38. The molecule has 1 heterocycles. The van der Waals surface area contributed by atoms with Gasteiger partial charge in [0.25, 0.3) is 11.8 Å². The van der Waals surface area contributed by atoms with Crippen LogP contribution < -0.4 is 0 Å². The molecular formula is C13H10F3NO4. The highest BCUT2D eigenvalue weighted by molar-refractivity contribution is 6.20. The van der Waals surface area contributed by atoms with Crippen LogP contribution in [0.2, 0.25) is 0 Å². The van der Waals surface area contributed by atoms with E-state index >= 15 is 0 Å². The molecule has 5 nitrogen and oxygen atoms in total. The molecule has 2 amide bonds. The first-order valence-electron chi connectivity index (χ1n) is 5.97. The number of fused-ring (bicyclic) bond motifs is 1. The van der Waals surface area contributed by atoms with Crippen molar-refractivity contribution in [3.05, 3.63) is 35.4 Å². The highest BCUT2D eigenvalue weighted by Gasteiger charge is 2.41. The molecule has 0 saturated heterocycles. The maximum atomic E-state index is 12.3. The van der Waals surface area contributed by atoms with Crippen molar-refractivity contribution in [1.82, 2.24) is 5.06 Å². The lowest BCUT2D eigenvalue weighted by molar-refractivity contribution is -0.190. The minimum Gasteiger partial charge on any atom is -0.330 e. The number of carbonyl (C=O) groups excluding carboxylic acids is 3. The molecule has 1 atom stereocenters. The number of nitrogens with zero attached hydrogens (tertiary/aromatic N) is 1. The summed E-state index contributed by atoms with van der Waals surface area (Å²) >= 11 is 0. The van der Waals surface area contributed by atoms with Crippen LogP contribution in [0.15, 0.2) is 24.3 Å². The monoisotopic (exact) mass is 301 g/mol. The summed E-state index contributed by atoms with van der Waals surface area (Å²) in [6, 6.07) is 5.76. The third kappa shape index (κ3) is 2.88. The van der Waals surface area contributed by atoms with Gasteiger partial charge in [0.05, 0.1) is 23.5 Å². The molecule has 0 saturated carbocycles. The maximum absolute atomic E-state index is 12.3. The average Bonchev–Trinajstić information content (AvgIpc) is 2.63. The van der Waals surface area contributed by atoms with E-state index in [1.165, 1.54) is 24.3 Å². The summed E-state index contributed by atoms with van der Waals surface area (Å²) in [6.07, 6.45) is -5.53. The Labute approximate surface area is 117 Å². The third-order valence-electron chi connectivity index (χ3n) is 2.98. The van der Waals surface area contributed by atoms with E-state index in [4.69, 9.17) is 0 Å². The lowest BCUT2D eigenvalue weighted by Crippen LogP contribution is -2.34. The van der Waals surface area contributed by atoms with Gasteiger partial charge in [-0.1, -0.05) is 24.1 Å². The zero-order chi connectivity index (χ0) is 15.8. The van der Waals surface area contributed by atoms with Crippen molar-refractivity contribution in [2.75, 3.05) is 0 Å². The summed E-state index contributed by atoms with van der Waals surface area (Å²) in [4.78, 5) is 39.6. The van der Waals surface area contributed by atoms with Crippen LogP contribution in [0, 0.1) is 5.92 Å². The van der Waals surface area contributed by atoms with E-state index in [9.17, 15) is 27.6 Å². The SMILES string of the molecule is CC(CC(=O)ON1C(=O)c2ccccc2C1=O)C(F)(F)F. The van der Waals surface area contributed by atoms with Gasteiger partial charge in [-0.25, -0.2) is 4.79 Å². The second-order valence-corrected chi connectivity index (χ2v) is 4.56. The molecule has 112 valence electrons. The van der Waals surface area contributed by atoms with Crippen molar-refractivity contribution in [2.24, 2.45) is 5.92 Å². The minimum atomic E-state index is -4.55. The van der Waals surface area contributed by atoms with E-state index in [0.29, 0.717) is 0 Å². The van der Waals surface area contributed by atoms with Crippen LogP contribution in [0.25, 0.3) is 0 Å². The van der Waals surface area contributed by atoms with Gasteiger partial charge in [0.2, 0.25) is 0 Å². The molecule has 0 aliphatic carbocycles. The Kier molecular flexibility index (Phi) is 3.71. The summed E-state index contributed by atoms with van der Waals surface area (Å²) < 4.78 is 37.0. The highest BCUT2D eigenvalue weighted by atomic mass is 19.4. The number of carbonyl (C=O) groups is 3. The normalized spacial score (nSPS) is 15.9. The Morgan fingerprint density at radius 3 is 2.10 bits per heavy atom. The molecule has 21 heavy (non-hydrogen) atoms. The van der Waals surface area contributed by atoms with E-state index in [2.05, 4.69) is 4.84 Å². The Balaban J connectivity index is 2.07. The van der Waals surface area contributed by atoms with Gasteiger partial charge in [-0.2, -0.15) is 13.2 Å². The molecule has 0 N–H and O–H groups in total. The molecule has 0 fully saturated rings. The van der Waals surface area contributed by atoms with Gasteiger partial charge in [-0.3, -0.25) is 9.59 Å². The molecular weight excluding hydrogens is 291 g/mol. The van der Waals surface area contributed by atoms with Crippen molar-refractivity contribution < 1.29 is 32.4 Å². The summed E-state index contributed by atoms with van der Waals surface area (Å²) in [5.41, 5.74) is 0.0818. The fourth-order valence-corrected chi connectivity index (χ4v) is 1.75. The molecule has 1 aliphatic heterocycles. The Morgan fingerprint density at radius 2 is 1.67 bits per heavy atom. The van der Waals surface area contributed by atoms with Crippen LogP contribution in [0.3, 0.4) is 0 Å². The second-order valence-electron chi connectivity index (χ2n) is 4.56. The summed E-state index contributed by atoms with van der Waals surface area (Å²) in [5, 5.41) is 0.191. The molecule has 1 unspecified atom stereocenters. The largest absolute Gasteiger partial charge is 0.392 e. The van der Waals surface area contributed by atoms with E-state index < -0.39 is 36.3 Å². The van der Waals surface area contributed by atoms with Crippen molar-refractivity contribution in [3.63, 3.8) is 0 Å². The number of hydrogen-bond donors (Lipinski definition) is 0. The summed E-state index contributed by atoms with van der Waals surface area (Å²) in [7, 11) is 0. The lowest BCUT2D eigenvalue weighted by Gasteiger charge is -2.17. The molecule has 1 aliphatic rings. The number of halogens is 3. The van der Waals surface area contributed by atoms with Gasteiger partial charge in [-0.05, 0) is 12.1 Å². The maximum Gasteiger partial charge on any atom is 0.392 e. The molecule has 0 aromatic heterocycles. The fraction of sp³-hybridized carbons (Fsp3) is 0.308. The van der Waals surface area contributed by atoms with Crippen molar-refractivity contribution in [1.29, 1.82) is 0 Å². The van der Waals surface area contributed by atoms with Gasteiger partial charge in [0.1, 0.15) is 0 Å². The topological polar surface area (TPSA) is 63.7 Å². The van der Waals surface area contributed by atoms with Crippen molar-refractivity contribution >= 4 is 17.8 Å². The number of amides is 2. The Morgan fingerprint density at radius 1 is 1.19 bits per heavy atom. The number of benzene rings is 1. The first-order chi connectivity index (χ1) is 9.71. The molecule has 0 bridgehead atoms. The molecule has 8 heteroatoms. The standard InChI is InChI=1S/C13H10F3NO4/c1-7(13(14,15)16)6-10(18)21-17-11(19)8-4-2-3-5-9(8)12(17)20/h2-5,7H,6H2,1H3. The molecule has 0 spiro atoms.